The van der Waals surface area contributed by atoms with Gasteiger partial charge in [0.05, 0.1) is 17.6 Å². The summed E-state index contributed by atoms with van der Waals surface area (Å²) in [5, 5.41) is 14.0. The van der Waals surface area contributed by atoms with E-state index < -0.39 is 10.7 Å². The molecule has 6 nitrogen and oxygen atoms in total. The molecular weight excluding hydrogens is 255 g/mol. The minimum absolute atomic E-state index is 0.0677. The van der Waals surface area contributed by atoms with Crippen molar-refractivity contribution in [3.8, 4) is 5.75 Å². The van der Waals surface area contributed by atoms with E-state index in [1.165, 1.54) is 13.0 Å². The molecule has 7 heteroatoms. The Balaban J connectivity index is 2.09. The van der Waals surface area contributed by atoms with Gasteiger partial charge in [-0.05, 0) is 18.6 Å². The Morgan fingerprint density at radius 1 is 1.63 bits per heavy atom. The van der Waals surface area contributed by atoms with Crippen molar-refractivity contribution in [2.75, 3.05) is 26.3 Å². The summed E-state index contributed by atoms with van der Waals surface area (Å²) in [6.07, 6.45) is -0.154. The quantitative estimate of drug-likeness (QED) is 0.661. The average molecular weight is 270 g/mol. The number of nitro groups is 1. The Morgan fingerprint density at radius 2 is 2.42 bits per heavy atom. The maximum atomic E-state index is 13.3. The second-order valence-corrected chi connectivity index (χ2v) is 4.33. The fourth-order valence-corrected chi connectivity index (χ4v) is 1.81. The third-order valence-corrected chi connectivity index (χ3v) is 2.87. The molecule has 1 aromatic rings. The lowest BCUT2D eigenvalue weighted by Gasteiger charge is -2.23. The number of rotatable bonds is 4. The first-order valence-corrected chi connectivity index (χ1v) is 5.97. The Kier molecular flexibility index (Phi) is 4.28. The van der Waals surface area contributed by atoms with E-state index in [1.807, 2.05) is 0 Å². The molecule has 1 saturated heterocycles. The zero-order chi connectivity index (χ0) is 13.8. The van der Waals surface area contributed by atoms with Gasteiger partial charge in [-0.2, -0.15) is 0 Å². The normalized spacial score (nSPS) is 19.2. The van der Waals surface area contributed by atoms with Crippen LogP contribution in [0, 0.1) is 22.9 Å². The number of morpholine rings is 1. The van der Waals surface area contributed by atoms with Gasteiger partial charge in [-0.1, -0.05) is 0 Å². The van der Waals surface area contributed by atoms with Crippen LogP contribution in [-0.4, -0.2) is 37.3 Å². The Bertz CT molecular complexity index is 475. The molecule has 19 heavy (non-hydrogen) atoms. The van der Waals surface area contributed by atoms with Gasteiger partial charge in [-0.25, -0.2) is 4.39 Å². The third-order valence-electron chi connectivity index (χ3n) is 2.87. The molecule has 0 saturated carbocycles. The molecule has 1 fully saturated rings. The van der Waals surface area contributed by atoms with Gasteiger partial charge < -0.3 is 14.8 Å². The molecule has 0 aliphatic carbocycles. The van der Waals surface area contributed by atoms with Crippen LogP contribution in [0.2, 0.25) is 0 Å². The number of halogens is 1. The van der Waals surface area contributed by atoms with E-state index >= 15 is 0 Å². The number of nitrogens with one attached hydrogen (secondary N) is 1. The standard InChI is InChI=1S/C12H15FN2O4/c1-8-4-12(11(15(16)17)5-10(8)13)19-7-9-6-14-2-3-18-9/h4-5,9,14H,2-3,6-7H2,1H3. The SMILES string of the molecule is Cc1cc(OCC2CNCCO2)c([N+](=O)[O-])cc1F. The highest BCUT2D eigenvalue weighted by atomic mass is 19.1. The van der Waals surface area contributed by atoms with E-state index in [0.717, 1.165) is 12.6 Å². The van der Waals surface area contributed by atoms with E-state index in [2.05, 4.69) is 5.32 Å². The fourth-order valence-electron chi connectivity index (χ4n) is 1.81. The topological polar surface area (TPSA) is 73.6 Å². The summed E-state index contributed by atoms with van der Waals surface area (Å²) in [5.41, 5.74) is -0.0600. The van der Waals surface area contributed by atoms with Crippen LogP contribution < -0.4 is 10.1 Å². The van der Waals surface area contributed by atoms with Crippen molar-refractivity contribution in [3.63, 3.8) is 0 Å². The minimum atomic E-state index is -0.655. The molecule has 1 N–H and O–H groups in total. The zero-order valence-corrected chi connectivity index (χ0v) is 10.5. The number of hydrogen-bond acceptors (Lipinski definition) is 5. The third kappa shape index (κ3) is 3.39. The van der Waals surface area contributed by atoms with Crippen LogP contribution in [0.25, 0.3) is 0 Å². The predicted octanol–water partition coefficient (Wildman–Crippen LogP) is 1.41. The number of hydrogen-bond donors (Lipinski definition) is 1. The lowest BCUT2D eigenvalue weighted by molar-refractivity contribution is -0.386. The monoisotopic (exact) mass is 270 g/mol. The number of nitrogens with zero attached hydrogens (tertiary/aromatic N) is 1. The Morgan fingerprint density at radius 3 is 3.05 bits per heavy atom. The van der Waals surface area contributed by atoms with Crippen LogP contribution >= 0.6 is 0 Å². The molecular formula is C12H15FN2O4. The van der Waals surface area contributed by atoms with Crippen molar-refractivity contribution in [1.82, 2.24) is 5.32 Å². The minimum Gasteiger partial charge on any atom is -0.484 e. The number of nitro benzene ring substituents is 1. The van der Waals surface area contributed by atoms with Crippen molar-refractivity contribution in [3.05, 3.63) is 33.6 Å². The molecule has 1 heterocycles. The molecule has 0 amide bonds. The van der Waals surface area contributed by atoms with E-state index in [0.29, 0.717) is 18.7 Å². The number of benzene rings is 1. The smallest absolute Gasteiger partial charge is 0.313 e. The highest BCUT2D eigenvalue weighted by molar-refractivity contribution is 5.48. The van der Waals surface area contributed by atoms with Gasteiger partial charge in [-0.15, -0.1) is 0 Å². The summed E-state index contributed by atoms with van der Waals surface area (Å²) < 4.78 is 24.1. The largest absolute Gasteiger partial charge is 0.484 e. The van der Waals surface area contributed by atoms with Gasteiger partial charge in [0.2, 0.25) is 0 Å². The van der Waals surface area contributed by atoms with Crippen molar-refractivity contribution in [1.29, 1.82) is 0 Å². The number of aryl methyl sites for hydroxylation is 1. The first-order valence-electron chi connectivity index (χ1n) is 5.97. The van der Waals surface area contributed by atoms with Gasteiger partial charge in [-0.3, -0.25) is 10.1 Å². The zero-order valence-electron chi connectivity index (χ0n) is 10.5. The molecule has 1 aliphatic heterocycles. The van der Waals surface area contributed by atoms with Crippen molar-refractivity contribution < 1.29 is 18.8 Å². The molecule has 1 atom stereocenters. The summed E-state index contributed by atoms with van der Waals surface area (Å²) in [4.78, 5) is 10.2. The maximum Gasteiger partial charge on any atom is 0.313 e. The van der Waals surface area contributed by atoms with Gasteiger partial charge in [0.15, 0.2) is 5.75 Å². The molecule has 1 unspecified atom stereocenters. The van der Waals surface area contributed by atoms with Crippen LogP contribution in [0.15, 0.2) is 12.1 Å². The van der Waals surface area contributed by atoms with Crippen LogP contribution in [0.4, 0.5) is 10.1 Å². The summed E-state index contributed by atoms with van der Waals surface area (Å²) in [6, 6.07) is 2.22. The lowest BCUT2D eigenvalue weighted by atomic mass is 10.2. The summed E-state index contributed by atoms with van der Waals surface area (Å²) >= 11 is 0. The second kappa shape index (κ2) is 5.94. The molecule has 0 spiro atoms. The predicted molar refractivity (Wildman–Crippen MR) is 65.9 cm³/mol. The first kappa shape index (κ1) is 13.7. The van der Waals surface area contributed by atoms with E-state index in [9.17, 15) is 14.5 Å². The summed E-state index contributed by atoms with van der Waals surface area (Å²) in [6.45, 7) is 3.72. The summed E-state index contributed by atoms with van der Waals surface area (Å²) in [5.74, 6) is -0.548. The summed E-state index contributed by atoms with van der Waals surface area (Å²) in [7, 11) is 0. The van der Waals surface area contributed by atoms with Crippen molar-refractivity contribution in [2.24, 2.45) is 0 Å². The second-order valence-electron chi connectivity index (χ2n) is 4.33. The van der Waals surface area contributed by atoms with Gasteiger partial charge in [0.1, 0.15) is 18.5 Å². The molecule has 104 valence electrons. The lowest BCUT2D eigenvalue weighted by Crippen LogP contribution is -2.41. The van der Waals surface area contributed by atoms with Crippen molar-refractivity contribution in [2.45, 2.75) is 13.0 Å². The maximum absolute atomic E-state index is 13.3. The van der Waals surface area contributed by atoms with Crippen LogP contribution in [0.1, 0.15) is 5.56 Å². The van der Waals surface area contributed by atoms with Gasteiger partial charge >= 0.3 is 5.69 Å². The first-order chi connectivity index (χ1) is 9.08. The number of ether oxygens (including phenoxy) is 2. The van der Waals surface area contributed by atoms with Gasteiger partial charge in [0.25, 0.3) is 0 Å². The highest BCUT2D eigenvalue weighted by Crippen LogP contribution is 2.29. The van der Waals surface area contributed by atoms with Crippen LogP contribution in [0.3, 0.4) is 0 Å². The molecule has 0 radical (unpaired) electrons. The molecule has 2 rings (SSSR count). The average Bonchev–Trinajstić information content (AvgIpc) is 2.40. The molecule has 0 bridgehead atoms. The van der Waals surface area contributed by atoms with E-state index in [4.69, 9.17) is 9.47 Å². The van der Waals surface area contributed by atoms with Gasteiger partial charge in [0, 0.05) is 13.1 Å². The molecule has 0 aromatic heterocycles. The molecule has 1 aliphatic rings. The highest BCUT2D eigenvalue weighted by Gasteiger charge is 2.21. The fraction of sp³-hybridized carbons (Fsp3) is 0.500. The van der Waals surface area contributed by atoms with E-state index in [-0.39, 0.29) is 24.1 Å². The molecule has 1 aromatic carbocycles. The van der Waals surface area contributed by atoms with Crippen LogP contribution in [0.5, 0.6) is 5.75 Å². The Hall–Kier alpha value is -1.73. The Labute approximate surface area is 109 Å². The van der Waals surface area contributed by atoms with Crippen LogP contribution in [-0.2, 0) is 4.74 Å². The van der Waals surface area contributed by atoms with Crippen molar-refractivity contribution >= 4 is 5.69 Å². The van der Waals surface area contributed by atoms with E-state index in [1.54, 1.807) is 0 Å².